The van der Waals surface area contributed by atoms with Crippen LogP contribution >= 0.6 is 23.1 Å². The molecule has 1 atom stereocenters. The summed E-state index contributed by atoms with van der Waals surface area (Å²) in [6.45, 7) is 2.72. The molecule has 21 heavy (non-hydrogen) atoms. The molecule has 1 aliphatic rings. The maximum Gasteiger partial charge on any atom is 0.119 e. The molecule has 1 aromatic heterocycles. The van der Waals surface area contributed by atoms with Crippen LogP contribution in [0.5, 0.6) is 5.75 Å². The molecule has 2 heterocycles. The molecule has 0 aliphatic carbocycles. The number of thiophene rings is 1. The average molecular weight is 319 g/mol. The van der Waals surface area contributed by atoms with Crippen LogP contribution in [0.25, 0.3) is 0 Å². The summed E-state index contributed by atoms with van der Waals surface area (Å²) >= 11 is 4.01. The molecule has 2 aromatic rings. The van der Waals surface area contributed by atoms with Gasteiger partial charge in [-0.2, -0.15) is 11.8 Å². The molecule has 0 saturated heterocycles. The van der Waals surface area contributed by atoms with Gasteiger partial charge in [-0.05, 0) is 55.5 Å². The Bertz CT molecular complexity index is 568. The Kier molecular flexibility index (Phi) is 4.88. The van der Waals surface area contributed by atoms with Gasteiger partial charge in [-0.25, -0.2) is 0 Å². The zero-order chi connectivity index (χ0) is 14.7. The lowest BCUT2D eigenvalue weighted by molar-refractivity contribution is 0.340. The van der Waals surface area contributed by atoms with Gasteiger partial charge in [-0.3, -0.25) is 0 Å². The van der Waals surface area contributed by atoms with Crippen molar-refractivity contribution < 1.29 is 4.74 Å². The van der Waals surface area contributed by atoms with Crippen LogP contribution in [0.3, 0.4) is 0 Å². The average Bonchev–Trinajstić information content (AvgIpc) is 2.93. The van der Waals surface area contributed by atoms with Crippen LogP contribution in [-0.4, -0.2) is 19.4 Å². The maximum absolute atomic E-state index is 5.53. The first-order valence-electron chi connectivity index (χ1n) is 7.41. The summed E-state index contributed by atoms with van der Waals surface area (Å²) in [7, 11) is 2.04. The molecule has 1 aromatic carbocycles. The second kappa shape index (κ2) is 6.86. The molecule has 1 unspecified atom stereocenters. The van der Waals surface area contributed by atoms with Gasteiger partial charge in [0, 0.05) is 15.5 Å². The molecule has 0 amide bonds. The van der Waals surface area contributed by atoms with E-state index < -0.39 is 0 Å². The van der Waals surface area contributed by atoms with Crippen molar-refractivity contribution in [3.8, 4) is 5.75 Å². The molecule has 0 fully saturated rings. The van der Waals surface area contributed by atoms with Crippen molar-refractivity contribution in [3.05, 3.63) is 51.2 Å². The number of hydrogen-bond donors (Lipinski definition) is 1. The number of fused-ring (bicyclic) bond motifs is 1. The Morgan fingerprint density at radius 2 is 2.10 bits per heavy atom. The molecule has 3 rings (SSSR count). The summed E-state index contributed by atoms with van der Waals surface area (Å²) in [5, 5.41) is 3.46. The van der Waals surface area contributed by atoms with E-state index >= 15 is 0 Å². The predicted octanol–water partition coefficient (Wildman–Crippen LogP) is 4.24. The minimum atomic E-state index is 0.279. The lowest BCUT2D eigenvalue weighted by Crippen LogP contribution is -2.16. The van der Waals surface area contributed by atoms with E-state index in [-0.39, 0.29) is 6.04 Å². The predicted molar refractivity (Wildman–Crippen MR) is 92.7 cm³/mol. The highest BCUT2D eigenvalue weighted by molar-refractivity contribution is 7.98. The van der Waals surface area contributed by atoms with Crippen LogP contribution < -0.4 is 10.1 Å². The van der Waals surface area contributed by atoms with Gasteiger partial charge in [-0.15, -0.1) is 11.3 Å². The fourth-order valence-corrected chi connectivity index (χ4v) is 5.22. The number of nitrogens with one attached hydrogen (secondary N) is 1. The molecule has 1 N–H and O–H groups in total. The minimum Gasteiger partial charge on any atom is -0.494 e. The SMILES string of the molecule is CCOc1ccc(C(NC)c2cc3c(s2)CCSC3)cc1. The lowest BCUT2D eigenvalue weighted by atomic mass is 10.0. The molecular weight excluding hydrogens is 298 g/mol. The molecule has 112 valence electrons. The van der Waals surface area contributed by atoms with Gasteiger partial charge in [0.1, 0.15) is 5.75 Å². The lowest BCUT2D eigenvalue weighted by Gasteiger charge is -2.15. The van der Waals surface area contributed by atoms with Crippen molar-refractivity contribution in [3.63, 3.8) is 0 Å². The van der Waals surface area contributed by atoms with Gasteiger partial charge in [0.15, 0.2) is 0 Å². The van der Waals surface area contributed by atoms with E-state index in [1.54, 1.807) is 4.88 Å². The Labute approximate surface area is 134 Å². The highest BCUT2D eigenvalue weighted by atomic mass is 32.2. The molecule has 0 bridgehead atoms. The van der Waals surface area contributed by atoms with E-state index in [9.17, 15) is 0 Å². The van der Waals surface area contributed by atoms with Crippen molar-refractivity contribution in [2.45, 2.75) is 25.1 Å². The van der Waals surface area contributed by atoms with Crippen molar-refractivity contribution in [1.29, 1.82) is 0 Å². The number of benzene rings is 1. The number of thioether (sulfide) groups is 1. The Hall–Kier alpha value is -0.970. The Balaban J connectivity index is 1.85. The molecule has 1 aliphatic heterocycles. The van der Waals surface area contributed by atoms with Crippen LogP contribution in [0.4, 0.5) is 0 Å². The van der Waals surface area contributed by atoms with Crippen molar-refractivity contribution in [2.75, 3.05) is 19.4 Å². The van der Waals surface area contributed by atoms with Crippen LogP contribution in [0.2, 0.25) is 0 Å². The Morgan fingerprint density at radius 1 is 1.29 bits per heavy atom. The first kappa shape index (κ1) is 14.9. The highest BCUT2D eigenvalue weighted by Gasteiger charge is 2.19. The second-order valence-electron chi connectivity index (χ2n) is 5.12. The third-order valence-corrected chi connectivity index (χ3v) is 6.05. The summed E-state index contributed by atoms with van der Waals surface area (Å²) in [4.78, 5) is 3.00. The summed E-state index contributed by atoms with van der Waals surface area (Å²) in [6, 6.07) is 11.1. The quantitative estimate of drug-likeness (QED) is 0.890. The minimum absolute atomic E-state index is 0.279. The first-order valence-corrected chi connectivity index (χ1v) is 9.38. The van der Waals surface area contributed by atoms with E-state index in [0.29, 0.717) is 6.61 Å². The molecule has 4 heteroatoms. The molecule has 0 saturated carbocycles. The van der Waals surface area contributed by atoms with Gasteiger partial charge in [0.25, 0.3) is 0 Å². The summed E-state index contributed by atoms with van der Waals surface area (Å²) in [5.41, 5.74) is 2.84. The van der Waals surface area contributed by atoms with Crippen LogP contribution in [0.15, 0.2) is 30.3 Å². The van der Waals surface area contributed by atoms with Crippen LogP contribution in [0.1, 0.15) is 33.8 Å². The standard InChI is InChI=1S/C17H21NOS2/c1-3-19-14-6-4-12(5-7-14)17(18-2)16-10-13-11-20-9-8-15(13)21-16/h4-7,10,17-18H,3,8-9,11H2,1-2H3. The third-order valence-electron chi connectivity index (χ3n) is 3.74. The number of rotatable bonds is 5. The number of hydrogen-bond acceptors (Lipinski definition) is 4. The molecular formula is C17H21NOS2. The molecule has 2 nitrogen and oxygen atoms in total. The largest absolute Gasteiger partial charge is 0.494 e. The fraction of sp³-hybridized carbons (Fsp3) is 0.412. The first-order chi connectivity index (χ1) is 10.3. The van der Waals surface area contributed by atoms with E-state index in [4.69, 9.17) is 4.74 Å². The van der Waals surface area contributed by atoms with Crippen LogP contribution in [0, 0.1) is 0 Å². The van der Waals surface area contributed by atoms with E-state index in [2.05, 4.69) is 35.6 Å². The van der Waals surface area contributed by atoms with Crippen molar-refractivity contribution in [2.24, 2.45) is 0 Å². The van der Waals surface area contributed by atoms with Crippen LogP contribution in [-0.2, 0) is 12.2 Å². The van der Waals surface area contributed by atoms with Gasteiger partial charge in [0.05, 0.1) is 12.6 Å². The van der Waals surface area contributed by atoms with Gasteiger partial charge in [0.2, 0.25) is 0 Å². The zero-order valence-electron chi connectivity index (χ0n) is 12.5. The summed E-state index contributed by atoms with van der Waals surface area (Å²) in [5.74, 6) is 3.38. The normalized spacial score (nSPS) is 15.5. The maximum atomic E-state index is 5.53. The van der Waals surface area contributed by atoms with Crippen molar-refractivity contribution in [1.82, 2.24) is 5.32 Å². The van der Waals surface area contributed by atoms with Gasteiger partial charge >= 0.3 is 0 Å². The monoisotopic (exact) mass is 319 g/mol. The second-order valence-corrected chi connectivity index (χ2v) is 7.40. The number of aryl methyl sites for hydroxylation is 1. The van der Waals surface area contributed by atoms with E-state index in [1.807, 2.05) is 37.1 Å². The highest BCUT2D eigenvalue weighted by Crippen LogP contribution is 2.36. The van der Waals surface area contributed by atoms with Gasteiger partial charge in [-0.1, -0.05) is 12.1 Å². The van der Waals surface area contributed by atoms with E-state index in [1.165, 1.54) is 33.9 Å². The fourth-order valence-electron chi connectivity index (χ4n) is 2.71. The van der Waals surface area contributed by atoms with Crippen molar-refractivity contribution >= 4 is 23.1 Å². The molecule has 0 spiro atoms. The summed E-state index contributed by atoms with van der Waals surface area (Å²) < 4.78 is 5.53. The molecule has 0 radical (unpaired) electrons. The zero-order valence-corrected chi connectivity index (χ0v) is 14.2. The summed E-state index contributed by atoms with van der Waals surface area (Å²) in [6.07, 6.45) is 1.23. The van der Waals surface area contributed by atoms with Gasteiger partial charge < -0.3 is 10.1 Å². The Morgan fingerprint density at radius 3 is 2.76 bits per heavy atom. The van der Waals surface area contributed by atoms with E-state index in [0.717, 1.165) is 5.75 Å². The smallest absolute Gasteiger partial charge is 0.119 e. The number of ether oxygens (including phenoxy) is 1. The third kappa shape index (κ3) is 3.28. The topological polar surface area (TPSA) is 21.3 Å².